The van der Waals surface area contributed by atoms with Crippen molar-refractivity contribution in [2.75, 3.05) is 18.5 Å². The van der Waals surface area contributed by atoms with Gasteiger partial charge in [-0.25, -0.2) is 0 Å². The third-order valence-electron chi connectivity index (χ3n) is 4.12. The van der Waals surface area contributed by atoms with Crippen LogP contribution < -0.4 is 21.5 Å². The molecule has 6 nitrogen and oxygen atoms in total. The number of hydrogen-bond donors (Lipinski definition) is 3. The summed E-state index contributed by atoms with van der Waals surface area (Å²) < 4.78 is 5.35. The van der Waals surface area contributed by atoms with Gasteiger partial charge in [-0.2, -0.15) is 0 Å². The molecule has 2 amide bonds. The molecule has 1 saturated carbocycles. The minimum Gasteiger partial charge on any atom is -0.494 e. The molecular weight excluding hydrogens is 282 g/mol. The van der Waals surface area contributed by atoms with Crippen molar-refractivity contribution in [2.24, 2.45) is 23.3 Å². The number of anilines is 1. The van der Waals surface area contributed by atoms with Gasteiger partial charge in [-0.1, -0.05) is 6.42 Å². The lowest BCUT2D eigenvalue weighted by atomic mass is 9.95. The molecule has 0 radical (unpaired) electrons. The predicted octanol–water partition coefficient (Wildman–Crippen LogP) is 1.50. The van der Waals surface area contributed by atoms with Crippen molar-refractivity contribution in [1.82, 2.24) is 0 Å². The number of amides is 2. The van der Waals surface area contributed by atoms with Crippen LogP contribution in [0.5, 0.6) is 5.75 Å². The predicted molar refractivity (Wildman–Crippen MR) is 84.6 cm³/mol. The Morgan fingerprint density at radius 2 is 2.14 bits per heavy atom. The normalized spacial score (nSPS) is 20.6. The van der Waals surface area contributed by atoms with Crippen molar-refractivity contribution in [3.05, 3.63) is 23.8 Å². The first-order chi connectivity index (χ1) is 10.6. The van der Waals surface area contributed by atoms with Crippen LogP contribution in [0, 0.1) is 11.8 Å². The fraction of sp³-hybridized carbons (Fsp3) is 0.500. The first-order valence-corrected chi connectivity index (χ1v) is 7.64. The van der Waals surface area contributed by atoms with Gasteiger partial charge in [-0.15, -0.1) is 0 Å². The molecule has 6 heteroatoms. The average Bonchev–Trinajstić information content (AvgIpc) is 2.97. The molecule has 0 aromatic heterocycles. The molecule has 120 valence electrons. The Kier molecular flexibility index (Phi) is 5.38. The Labute approximate surface area is 130 Å². The molecule has 0 bridgehead atoms. The van der Waals surface area contributed by atoms with Gasteiger partial charge < -0.3 is 21.5 Å². The van der Waals surface area contributed by atoms with Gasteiger partial charge in [0.1, 0.15) is 5.75 Å². The number of benzene rings is 1. The molecular formula is C16H23N3O3. The molecule has 0 spiro atoms. The molecule has 5 N–H and O–H groups in total. The summed E-state index contributed by atoms with van der Waals surface area (Å²) in [6.07, 6.45) is 2.81. The van der Waals surface area contributed by atoms with E-state index in [0.717, 1.165) is 19.3 Å². The zero-order chi connectivity index (χ0) is 16.1. The fourth-order valence-electron chi connectivity index (χ4n) is 2.98. The van der Waals surface area contributed by atoms with Crippen LogP contribution in [0.2, 0.25) is 0 Å². The van der Waals surface area contributed by atoms with Gasteiger partial charge >= 0.3 is 0 Å². The van der Waals surface area contributed by atoms with Gasteiger partial charge in [0.25, 0.3) is 5.91 Å². The van der Waals surface area contributed by atoms with Crippen LogP contribution in [0.4, 0.5) is 5.69 Å². The summed E-state index contributed by atoms with van der Waals surface area (Å²) in [6.45, 7) is 2.85. The second-order valence-corrected chi connectivity index (χ2v) is 5.53. The summed E-state index contributed by atoms with van der Waals surface area (Å²) in [5.41, 5.74) is 11.8. The number of carbonyl (C=O) groups is 2. The zero-order valence-electron chi connectivity index (χ0n) is 12.8. The summed E-state index contributed by atoms with van der Waals surface area (Å²) in [5, 5.41) is 2.82. The van der Waals surface area contributed by atoms with Gasteiger partial charge in [-0.3, -0.25) is 9.59 Å². The molecule has 0 saturated heterocycles. The molecule has 1 fully saturated rings. The SMILES string of the molecule is CCOc1ccc(NC(=O)[C@@H]2CCC[C@@H]2CN)c(C(N)=O)c1. The number of nitrogens with two attached hydrogens (primary N) is 2. The highest BCUT2D eigenvalue weighted by atomic mass is 16.5. The number of carbonyl (C=O) groups excluding carboxylic acids is 2. The van der Waals surface area contributed by atoms with Crippen molar-refractivity contribution in [3.63, 3.8) is 0 Å². The molecule has 0 aliphatic heterocycles. The van der Waals surface area contributed by atoms with E-state index < -0.39 is 5.91 Å². The van der Waals surface area contributed by atoms with Crippen LogP contribution in [0.15, 0.2) is 18.2 Å². The second kappa shape index (κ2) is 7.26. The van der Waals surface area contributed by atoms with Crippen LogP contribution >= 0.6 is 0 Å². The van der Waals surface area contributed by atoms with Crippen LogP contribution in [0.1, 0.15) is 36.5 Å². The lowest BCUT2D eigenvalue weighted by Gasteiger charge is -2.18. The highest BCUT2D eigenvalue weighted by molar-refractivity contribution is 6.03. The largest absolute Gasteiger partial charge is 0.494 e. The van der Waals surface area contributed by atoms with E-state index >= 15 is 0 Å². The Hall–Kier alpha value is -2.08. The van der Waals surface area contributed by atoms with Crippen molar-refractivity contribution >= 4 is 17.5 Å². The first kappa shape index (κ1) is 16.3. The smallest absolute Gasteiger partial charge is 0.250 e. The number of ether oxygens (including phenoxy) is 1. The minimum absolute atomic E-state index is 0.0976. The summed E-state index contributed by atoms with van der Waals surface area (Å²) >= 11 is 0. The lowest BCUT2D eigenvalue weighted by Crippen LogP contribution is -2.30. The van der Waals surface area contributed by atoms with Crippen molar-refractivity contribution in [3.8, 4) is 5.75 Å². The van der Waals surface area contributed by atoms with E-state index in [1.807, 2.05) is 6.92 Å². The Morgan fingerprint density at radius 1 is 1.36 bits per heavy atom. The second-order valence-electron chi connectivity index (χ2n) is 5.53. The molecule has 1 aromatic rings. The van der Waals surface area contributed by atoms with Gasteiger partial charge in [0.05, 0.1) is 17.9 Å². The summed E-state index contributed by atoms with van der Waals surface area (Å²) in [6, 6.07) is 4.91. The van der Waals surface area contributed by atoms with E-state index in [2.05, 4.69) is 5.32 Å². The maximum atomic E-state index is 12.4. The van der Waals surface area contributed by atoms with Crippen molar-refractivity contribution in [1.29, 1.82) is 0 Å². The molecule has 22 heavy (non-hydrogen) atoms. The average molecular weight is 305 g/mol. The number of primary amides is 1. The summed E-state index contributed by atoms with van der Waals surface area (Å²) in [5.74, 6) is -0.0368. The molecule has 1 aliphatic rings. The van der Waals surface area contributed by atoms with Crippen molar-refractivity contribution in [2.45, 2.75) is 26.2 Å². The van der Waals surface area contributed by atoms with Gasteiger partial charge in [0, 0.05) is 5.92 Å². The van der Waals surface area contributed by atoms with Gasteiger partial charge in [0.15, 0.2) is 0 Å². The lowest BCUT2D eigenvalue weighted by molar-refractivity contribution is -0.120. The maximum Gasteiger partial charge on any atom is 0.250 e. The monoisotopic (exact) mass is 305 g/mol. The van der Waals surface area contributed by atoms with Crippen LogP contribution in [0.3, 0.4) is 0 Å². The van der Waals surface area contributed by atoms with E-state index in [1.165, 1.54) is 0 Å². The zero-order valence-corrected chi connectivity index (χ0v) is 12.8. The molecule has 1 aromatic carbocycles. The third kappa shape index (κ3) is 3.57. The van der Waals surface area contributed by atoms with E-state index in [4.69, 9.17) is 16.2 Å². The highest BCUT2D eigenvalue weighted by Crippen LogP contribution is 2.32. The number of hydrogen-bond acceptors (Lipinski definition) is 4. The summed E-state index contributed by atoms with van der Waals surface area (Å²) in [7, 11) is 0. The first-order valence-electron chi connectivity index (χ1n) is 7.64. The molecule has 2 rings (SSSR count). The highest BCUT2D eigenvalue weighted by Gasteiger charge is 2.32. The number of nitrogens with one attached hydrogen (secondary N) is 1. The topological polar surface area (TPSA) is 107 Å². The van der Waals surface area contributed by atoms with Crippen LogP contribution in [-0.4, -0.2) is 25.0 Å². The van der Waals surface area contributed by atoms with Crippen molar-refractivity contribution < 1.29 is 14.3 Å². The Bertz CT molecular complexity index is 560. The minimum atomic E-state index is -0.598. The molecule has 1 aliphatic carbocycles. The van der Waals surface area contributed by atoms with Crippen LogP contribution in [0.25, 0.3) is 0 Å². The Balaban J connectivity index is 2.17. The number of rotatable bonds is 6. The van der Waals surface area contributed by atoms with Gasteiger partial charge in [-0.05, 0) is 50.4 Å². The third-order valence-corrected chi connectivity index (χ3v) is 4.12. The molecule has 2 atom stereocenters. The maximum absolute atomic E-state index is 12.4. The Morgan fingerprint density at radius 3 is 2.77 bits per heavy atom. The van der Waals surface area contributed by atoms with E-state index in [-0.39, 0.29) is 23.3 Å². The van der Waals surface area contributed by atoms with Crippen LogP contribution in [-0.2, 0) is 4.79 Å². The summed E-state index contributed by atoms with van der Waals surface area (Å²) in [4.78, 5) is 24.0. The molecule has 0 heterocycles. The van der Waals surface area contributed by atoms with E-state index in [1.54, 1.807) is 18.2 Å². The fourth-order valence-corrected chi connectivity index (χ4v) is 2.98. The quantitative estimate of drug-likeness (QED) is 0.740. The standard InChI is InChI=1S/C16H23N3O3/c1-2-22-11-6-7-14(13(8-11)15(18)20)19-16(21)12-5-3-4-10(12)9-17/h6-8,10,12H,2-5,9,17H2,1H3,(H2,18,20)(H,19,21)/t10-,12-/m1/s1. The van der Waals surface area contributed by atoms with E-state index in [9.17, 15) is 9.59 Å². The van der Waals surface area contributed by atoms with E-state index in [0.29, 0.717) is 24.6 Å². The molecule has 0 unspecified atom stereocenters. The van der Waals surface area contributed by atoms with Gasteiger partial charge in [0.2, 0.25) is 5.91 Å².